The Balaban J connectivity index is 1.80. The molecular weight excluding hydrogens is 293 g/mol. The number of aromatic amines is 1. The molecule has 0 atom stereocenters. The molecule has 0 saturated heterocycles. The van der Waals surface area contributed by atoms with Crippen LogP contribution in [-0.2, 0) is 11.3 Å². The van der Waals surface area contributed by atoms with Gasteiger partial charge >= 0.3 is 0 Å². The molecule has 1 heterocycles. The van der Waals surface area contributed by atoms with E-state index in [-0.39, 0.29) is 19.1 Å². The zero-order valence-corrected chi connectivity index (χ0v) is 11.1. The molecule has 19 heavy (non-hydrogen) atoms. The van der Waals surface area contributed by atoms with Crippen LogP contribution in [0.2, 0.25) is 10.0 Å². The predicted octanol–water partition coefficient (Wildman–Crippen LogP) is 1.20. The molecule has 0 fully saturated rings. The molecule has 0 radical (unpaired) electrons. The third-order valence-corrected chi connectivity index (χ3v) is 2.62. The van der Waals surface area contributed by atoms with Gasteiger partial charge in [-0.2, -0.15) is 5.21 Å². The molecule has 0 bridgehead atoms. The number of benzene rings is 1. The first kappa shape index (κ1) is 13.6. The highest BCUT2D eigenvalue weighted by Gasteiger charge is 2.07. The van der Waals surface area contributed by atoms with Crippen LogP contribution in [0.4, 0.5) is 0 Å². The van der Waals surface area contributed by atoms with Crippen LogP contribution in [0.1, 0.15) is 5.82 Å². The van der Waals surface area contributed by atoms with Crippen molar-refractivity contribution in [2.45, 2.75) is 6.54 Å². The number of hydrogen-bond acceptors (Lipinski definition) is 5. The number of aromatic nitrogens is 4. The topological polar surface area (TPSA) is 92.8 Å². The van der Waals surface area contributed by atoms with E-state index in [0.717, 1.165) is 0 Å². The Labute approximate surface area is 118 Å². The number of H-pyrrole nitrogens is 1. The van der Waals surface area contributed by atoms with Gasteiger partial charge in [0.15, 0.2) is 12.4 Å². The average Bonchev–Trinajstić information content (AvgIpc) is 2.88. The molecule has 0 aliphatic rings. The third-order valence-electron chi connectivity index (χ3n) is 2.09. The summed E-state index contributed by atoms with van der Waals surface area (Å²) in [5.74, 6) is 0.453. The van der Waals surface area contributed by atoms with Crippen molar-refractivity contribution in [2.75, 3.05) is 6.61 Å². The Bertz CT molecular complexity index is 561. The summed E-state index contributed by atoms with van der Waals surface area (Å²) >= 11 is 11.6. The fraction of sp³-hybridized carbons (Fsp3) is 0.200. The van der Waals surface area contributed by atoms with Crippen LogP contribution in [0.5, 0.6) is 5.75 Å². The van der Waals surface area contributed by atoms with Gasteiger partial charge in [-0.3, -0.25) is 4.79 Å². The van der Waals surface area contributed by atoms with Crippen molar-refractivity contribution in [1.29, 1.82) is 0 Å². The second-order valence-corrected chi connectivity index (χ2v) is 4.31. The van der Waals surface area contributed by atoms with Crippen LogP contribution in [0.15, 0.2) is 18.2 Å². The van der Waals surface area contributed by atoms with E-state index < -0.39 is 0 Å². The van der Waals surface area contributed by atoms with Crippen molar-refractivity contribution in [3.63, 3.8) is 0 Å². The summed E-state index contributed by atoms with van der Waals surface area (Å²) in [5, 5.41) is 16.4. The molecule has 0 unspecified atom stereocenters. The lowest BCUT2D eigenvalue weighted by Gasteiger charge is -2.07. The first-order valence-electron chi connectivity index (χ1n) is 5.22. The molecule has 0 saturated carbocycles. The van der Waals surface area contributed by atoms with Crippen molar-refractivity contribution in [2.24, 2.45) is 0 Å². The zero-order chi connectivity index (χ0) is 13.7. The van der Waals surface area contributed by atoms with Gasteiger partial charge < -0.3 is 10.1 Å². The van der Waals surface area contributed by atoms with Gasteiger partial charge in [-0.1, -0.05) is 28.4 Å². The fourth-order valence-corrected chi connectivity index (χ4v) is 1.68. The highest BCUT2D eigenvalue weighted by atomic mass is 35.5. The summed E-state index contributed by atoms with van der Waals surface area (Å²) in [4.78, 5) is 11.5. The lowest BCUT2D eigenvalue weighted by atomic mass is 10.3. The monoisotopic (exact) mass is 301 g/mol. The highest BCUT2D eigenvalue weighted by Crippen LogP contribution is 2.27. The van der Waals surface area contributed by atoms with E-state index >= 15 is 0 Å². The van der Waals surface area contributed by atoms with Gasteiger partial charge in [0.1, 0.15) is 5.75 Å². The van der Waals surface area contributed by atoms with Gasteiger partial charge in [0.2, 0.25) is 0 Å². The van der Waals surface area contributed by atoms with Crippen molar-refractivity contribution < 1.29 is 9.53 Å². The highest BCUT2D eigenvalue weighted by molar-refractivity contribution is 6.35. The number of halogens is 2. The molecule has 100 valence electrons. The van der Waals surface area contributed by atoms with Gasteiger partial charge in [0.05, 0.1) is 11.6 Å². The van der Waals surface area contributed by atoms with Gasteiger partial charge in [-0.05, 0) is 18.2 Å². The van der Waals surface area contributed by atoms with E-state index in [1.54, 1.807) is 12.1 Å². The number of nitrogens with one attached hydrogen (secondary N) is 2. The Hall–Kier alpha value is -1.86. The summed E-state index contributed by atoms with van der Waals surface area (Å²) in [6.07, 6.45) is 0. The largest absolute Gasteiger partial charge is 0.482 e. The molecule has 0 aliphatic heterocycles. The van der Waals surface area contributed by atoms with Crippen LogP contribution in [0, 0.1) is 0 Å². The molecule has 2 aromatic rings. The van der Waals surface area contributed by atoms with Crippen molar-refractivity contribution in [1.82, 2.24) is 25.9 Å². The SMILES string of the molecule is O=C(COc1ccc(Cl)cc1Cl)NCc1nn[nH]n1. The van der Waals surface area contributed by atoms with E-state index in [9.17, 15) is 4.79 Å². The minimum atomic E-state index is -0.323. The second kappa shape index (κ2) is 6.35. The fourth-order valence-electron chi connectivity index (χ4n) is 1.22. The molecule has 0 aliphatic carbocycles. The van der Waals surface area contributed by atoms with Crippen molar-refractivity contribution >= 4 is 29.1 Å². The molecule has 1 aromatic heterocycles. The maximum absolute atomic E-state index is 11.5. The number of carbonyl (C=O) groups is 1. The van der Waals surface area contributed by atoms with Gasteiger partial charge in [0, 0.05) is 5.02 Å². The molecule has 2 N–H and O–H groups in total. The molecule has 1 aromatic carbocycles. The van der Waals surface area contributed by atoms with E-state index in [2.05, 4.69) is 25.9 Å². The van der Waals surface area contributed by atoms with E-state index in [1.165, 1.54) is 6.07 Å². The number of hydrogen-bond donors (Lipinski definition) is 2. The second-order valence-electron chi connectivity index (χ2n) is 3.47. The summed E-state index contributed by atoms with van der Waals surface area (Å²) < 4.78 is 5.26. The summed E-state index contributed by atoms with van der Waals surface area (Å²) in [6, 6.07) is 4.76. The van der Waals surface area contributed by atoms with Crippen molar-refractivity contribution in [3.05, 3.63) is 34.1 Å². The number of carbonyl (C=O) groups excluding carboxylic acids is 1. The predicted molar refractivity (Wildman–Crippen MR) is 68.0 cm³/mol. The smallest absolute Gasteiger partial charge is 0.258 e. The average molecular weight is 302 g/mol. The standard InChI is InChI=1S/C10H9Cl2N5O2/c11-6-1-2-8(7(12)3-6)19-5-10(18)13-4-9-14-16-17-15-9/h1-3H,4-5H2,(H,13,18)(H,14,15,16,17). The van der Waals surface area contributed by atoms with Crippen molar-refractivity contribution in [3.8, 4) is 5.75 Å². The third kappa shape index (κ3) is 4.08. The quantitative estimate of drug-likeness (QED) is 0.865. The van der Waals surface area contributed by atoms with Crippen LogP contribution in [0.25, 0.3) is 0 Å². The molecule has 2 rings (SSSR count). The van der Waals surface area contributed by atoms with Crippen LogP contribution in [-0.4, -0.2) is 33.1 Å². The first-order valence-corrected chi connectivity index (χ1v) is 5.97. The number of rotatable bonds is 5. The summed E-state index contributed by atoms with van der Waals surface area (Å²) in [6.45, 7) is 0.00620. The Kier molecular flexibility index (Phi) is 4.53. The Morgan fingerprint density at radius 2 is 2.26 bits per heavy atom. The Morgan fingerprint density at radius 3 is 2.95 bits per heavy atom. The number of nitrogens with zero attached hydrogens (tertiary/aromatic N) is 3. The van der Waals surface area contributed by atoms with Gasteiger partial charge in [-0.15, -0.1) is 10.2 Å². The normalized spacial score (nSPS) is 10.2. The minimum Gasteiger partial charge on any atom is -0.482 e. The zero-order valence-electron chi connectivity index (χ0n) is 9.56. The summed E-state index contributed by atoms with van der Waals surface area (Å²) in [7, 11) is 0. The molecule has 9 heteroatoms. The van der Waals surface area contributed by atoms with Crippen LogP contribution >= 0.6 is 23.2 Å². The van der Waals surface area contributed by atoms with E-state index in [1.807, 2.05) is 0 Å². The van der Waals surface area contributed by atoms with Crippen LogP contribution < -0.4 is 10.1 Å². The molecule has 0 spiro atoms. The van der Waals surface area contributed by atoms with Gasteiger partial charge in [0.25, 0.3) is 5.91 Å². The summed E-state index contributed by atoms with van der Waals surface area (Å²) in [5.41, 5.74) is 0. The van der Waals surface area contributed by atoms with E-state index in [4.69, 9.17) is 27.9 Å². The number of tetrazole rings is 1. The first-order chi connectivity index (χ1) is 9.15. The maximum atomic E-state index is 11.5. The Morgan fingerprint density at radius 1 is 1.42 bits per heavy atom. The molecule has 1 amide bonds. The van der Waals surface area contributed by atoms with Gasteiger partial charge in [-0.25, -0.2) is 0 Å². The lowest BCUT2D eigenvalue weighted by molar-refractivity contribution is -0.123. The molecular formula is C10H9Cl2N5O2. The van der Waals surface area contributed by atoms with Crippen LogP contribution in [0.3, 0.4) is 0 Å². The number of ether oxygens (including phenoxy) is 1. The molecule has 7 nitrogen and oxygen atoms in total. The maximum Gasteiger partial charge on any atom is 0.258 e. The van der Waals surface area contributed by atoms with E-state index in [0.29, 0.717) is 21.6 Å². The lowest BCUT2D eigenvalue weighted by Crippen LogP contribution is -2.28. The minimum absolute atomic E-state index is 0.167. The number of amides is 1.